The topological polar surface area (TPSA) is 46.6 Å². The number of hydrogen-bond acceptors (Lipinski definition) is 4. The third kappa shape index (κ3) is 4.37. The van der Waals surface area contributed by atoms with E-state index in [0.717, 1.165) is 5.56 Å². The summed E-state index contributed by atoms with van der Waals surface area (Å²) >= 11 is 19.9. The molecular weight excluding hydrogens is 429 g/mol. The van der Waals surface area contributed by atoms with Crippen LogP contribution in [-0.4, -0.2) is 35.2 Å². The molecule has 1 saturated heterocycles. The van der Waals surface area contributed by atoms with Gasteiger partial charge in [-0.2, -0.15) is 0 Å². The first-order valence-corrected chi connectivity index (χ1v) is 10.4. The lowest BCUT2D eigenvalue weighted by Crippen LogP contribution is -2.44. The van der Waals surface area contributed by atoms with E-state index in [-0.39, 0.29) is 12.5 Å². The molecule has 3 rings (SSSR count). The second kappa shape index (κ2) is 8.74. The number of halogens is 3. The number of thioether (sulfide) groups is 1. The molecule has 1 aliphatic rings. The van der Waals surface area contributed by atoms with Crippen molar-refractivity contribution in [2.75, 3.05) is 12.4 Å². The summed E-state index contributed by atoms with van der Waals surface area (Å²) < 4.78 is 5.17. The summed E-state index contributed by atoms with van der Waals surface area (Å²) in [5, 5.41) is 0.805. The van der Waals surface area contributed by atoms with Crippen LogP contribution >= 0.6 is 46.6 Å². The molecular formula is C19H16Cl3NO3S. The molecule has 0 spiro atoms. The highest BCUT2D eigenvalue weighted by Crippen LogP contribution is 2.45. The molecule has 2 atom stereocenters. The molecule has 0 N–H and O–H groups in total. The summed E-state index contributed by atoms with van der Waals surface area (Å²) in [6.07, 6.45) is 0. The van der Waals surface area contributed by atoms with Gasteiger partial charge in [-0.15, -0.1) is 11.8 Å². The lowest BCUT2D eigenvalue weighted by atomic mass is 10.1. The predicted molar refractivity (Wildman–Crippen MR) is 110 cm³/mol. The largest absolute Gasteiger partial charge is 0.464 e. The van der Waals surface area contributed by atoms with Crippen LogP contribution in [0, 0.1) is 0 Å². The fourth-order valence-corrected chi connectivity index (χ4v) is 5.20. The number of esters is 1. The fourth-order valence-electron chi connectivity index (χ4n) is 2.92. The molecule has 1 amide bonds. The van der Waals surface area contributed by atoms with E-state index in [1.165, 1.54) is 28.8 Å². The molecule has 142 valence electrons. The molecule has 1 fully saturated rings. The molecule has 2 unspecified atom stereocenters. The summed E-state index contributed by atoms with van der Waals surface area (Å²) in [6, 6.07) is 11.2. The minimum absolute atomic E-state index is 0.238. The summed E-state index contributed by atoms with van der Waals surface area (Å²) in [5.41, 5.74) is 1.07. The van der Waals surface area contributed by atoms with Crippen molar-refractivity contribution >= 4 is 58.4 Å². The first kappa shape index (κ1) is 20.3. The van der Waals surface area contributed by atoms with Crippen molar-refractivity contribution in [2.45, 2.75) is 18.3 Å². The second-order valence-corrected chi connectivity index (χ2v) is 8.24. The van der Waals surface area contributed by atoms with E-state index in [0.29, 0.717) is 26.4 Å². The van der Waals surface area contributed by atoms with Crippen LogP contribution in [0.5, 0.6) is 0 Å². The van der Waals surface area contributed by atoms with Gasteiger partial charge in [-0.25, -0.2) is 4.79 Å². The highest BCUT2D eigenvalue weighted by Gasteiger charge is 2.44. The third-order valence-corrected chi connectivity index (χ3v) is 6.16. The van der Waals surface area contributed by atoms with E-state index in [9.17, 15) is 9.59 Å². The lowest BCUT2D eigenvalue weighted by molar-refractivity contribution is -0.147. The molecule has 0 radical (unpaired) electrons. The lowest BCUT2D eigenvalue weighted by Gasteiger charge is -2.29. The zero-order chi connectivity index (χ0) is 19.6. The Bertz CT molecular complexity index is 857. The number of nitrogens with zero attached hydrogens (tertiary/aromatic N) is 1. The van der Waals surface area contributed by atoms with Gasteiger partial charge < -0.3 is 9.64 Å². The standard InChI is InChI=1S/C19H16Cl3NO3S/c1-2-26-19(25)16-10-27-18(14-5-3-4-6-15(14)22)23(16)17(24)11-7-12(20)9-13(21)8-11/h3-9,16,18H,2,10H2,1H3. The minimum atomic E-state index is -0.721. The first-order valence-electron chi connectivity index (χ1n) is 8.23. The predicted octanol–water partition coefficient (Wildman–Crippen LogP) is 5.47. The van der Waals surface area contributed by atoms with Gasteiger partial charge in [-0.05, 0) is 31.2 Å². The van der Waals surface area contributed by atoms with Crippen LogP contribution < -0.4 is 0 Å². The van der Waals surface area contributed by atoms with Gasteiger partial charge in [0.05, 0.1) is 6.61 Å². The Morgan fingerprint density at radius 3 is 2.44 bits per heavy atom. The van der Waals surface area contributed by atoms with Gasteiger partial charge >= 0.3 is 5.97 Å². The van der Waals surface area contributed by atoms with E-state index >= 15 is 0 Å². The van der Waals surface area contributed by atoms with Crippen LogP contribution in [-0.2, 0) is 9.53 Å². The van der Waals surface area contributed by atoms with Crippen LogP contribution in [0.4, 0.5) is 0 Å². The van der Waals surface area contributed by atoms with E-state index in [1.54, 1.807) is 19.1 Å². The molecule has 27 heavy (non-hydrogen) atoms. The Kier molecular flexibility index (Phi) is 6.58. The van der Waals surface area contributed by atoms with Gasteiger partial charge in [0.15, 0.2) is 0 Å². The maximum atomic E-state index is 13.3. The van der Waals surface area contributed by atoms with Crippen molar-refractivity contribution in [3.63, 3.8) is 0 Å². The minimum Gasteiger partial charge on any atom is -0.464 e. The van der Waals surface area contributed by atoms with Crippen LogP contribution in [0.15, 0.2) is 42.5 Å². The highest BCUT2D eigenvalue weighted by atomic mass is 35.5. The van der Waals surface area contributed by atoms with Crippen LogP contribution in [0.1, 0.15) is 28.2 Å². The van der Waals surface area contributed by atoms with Crippen molar-refractivity contribution in [2.24, 2.45) is 0 Å². The molecule has 2 aromatic carbocycles. The number of carbonyl (C=O) groups excluding carboxylic acids is 2. The average molecular weight is 445 g/mol. The van der Waals surface area contributed by atoms with Crippen LogP contribution in [0.2, 0.25) is 15.1 Å². The Morgan fingerprint density at radius 1 is 1.15 bits per heavy atom. The van der Waals surface area contributed by atoms with Crippen LogP contribution in [0.3, 0.4) is 0 Å². The number of rotatable bonds is 4. The Balaban J connectivity index is 2.03. The number of ether oxygens (including phenoxy) is 1. The fraction of sp³-hybridized carbons (Fsp3) is 0.263. The molecule has 0 aromatic heterocycles. The van der Waals surface area contributed by atoms with Gasteiger partial charge in [-0.3, -0.25) is 4.79 Å². The molecule has 8 heteroatoms. The first-order chi connectivity index (χ1) is 12.9. The van der Waals surface area contributed by atoms with E-state index in [2.05, 4.69) is 0 Å². The zero-order valence-corrected chi connectivity index (χ0v) is 17.4. The quantitative estimate of drug-likeness (QED) is 0.587. The average Bonchev–Trinajstić information content (AvgIpc) is 3.05. The van der Waals surface area contributed by atoms with Crippen molar-refractivity contribution in [3.05, 3.63) is 68.7 Å². The Labute approximate surface area is 176 Å². The van der Waals surface area contributed by atoms with Gasteiger partial charge in [-0.1, -0.05) is 53.0 Å². The molecule has 0 saturated carbocycles. The van der Waals surface area contributed by atoms with Crippen molar-refractivity contribution in [1.82, 2.24) is 4.90 Å². The molecule has 2 aromatic rings. The van der Waals surface area contributed by atoms with Gasteiger partial charge in [0.1, 0.15) is 11.4 Å². The summed E-state index contributed by atoms with van der Waals surface area (Å²) in [7, 11) is 0. The monoisotopic (exact) mass is 443 g/mol. The van der Waals surface area contributed by atoms with E-state index < -0.39 is 17.4 Å². The normalized spacial score (nSPS) is 19.2. The SMILES string of the molecule is CCOC(=O)C1CSC(c2ccccc2Cl)N1C(=O)c1cc(Cl)cc(Cl)c1. The van der Waals surface area contributed by atoms with Gasteiger partial charge in [0, 0.05) is 31.9 Å². The van der Waals surface area contributed by atoms with Crippen molar-refractivity contribution in [1.29, 1.82) is 0 Å². The van der Waals surface area contributed by atoms with Crippen LogP contribution in [0.25, 0.3) is 0 Å². The van der Waals surface area contributed by atoms with Gasteiger partial charge in [0.2, 0.25) is 0 Å². The molecule has 1 aliphatic heterocycles. The highest BCUT2D eigenvalue weighted by molar-refractivity contribution is 7.99. The maximum Gasteiger partial charge on any atom is 0.329 e. The summed E-state index contributed by atoms with van der Waals surface area (Å²) in [6.45, 7) is 1.97. The second-order valence-electron chi connectivity index (χ2n) is 5.85. The Hall–Kier alpha value is -1.40. The number of hydrogen-bond donors (Lipinski definition) is 0. The Morgan fingerprint density at radius 2 is 1.81 bits per heavy atom. The number of benzene rings is 2. The van der Waals surface area contributed by atoms with Crippen molar-refractivity contribution < 1.29 is 14.3 Å². The third-order valence-electron chi connectivity index (χ3n) is 4.07. The number of amides is 1. The molecule has 4 nitrogen and oxygen atoms in total. The molecule has 0 aliphatic carbocycles. The zero-order valence-electron chi connectivity index (χ0n) is 14.3. The van der Waals surface area contributed by atoms with Gasteiger partial charge in [0.25, 0.3) is 5.91 Å². The van der Waals surface area contributed by atoms with E-state index in [1.807, 2.05) is 18.2 Å². The summed E-state index contributed by atoms with van der Waals surface area (Å²) in [4.78, 5) is 27.3. The van der Waals surface area contributed by atoms with E-state index in [4.69, 9.17) is 39.5 Å². The maximum absolute atomic E-state index is 13.3. The summed E-state index contributed by atoms with van der Waals surface area (Å²) in [5.74, 6) is -0.386. The smallest absolute Gasteiger partial charge is 0.329 e. The molecule has 0 bridgehead atoms. The van der Waals surface area contributed by atoms with Crippen molar-refractivity contribution in [3.8, 4) is 0 Å². The molecule has 1 heterocycles. The number of carbonyl (C=O) groups is 2.